The summed E-state index contributed by atoms with van der Waals surface area (Å²) in [5, 5.41) is 0. The standard InChI is InChI=1S/C25H25N5O3/c1-6-33-19-13-11-18(12-14-19)30-20(17-9-7-15(2)8-10-17)16(3)29-21-22(26-24(29)30)27(4)25(32)28(5)23(21)31/h7-14H,6H2,1-5H3. The van der Waals surface area contributed by atoms with E-state index in [1.54, 1.807) is 7.05 Å². The molecular weight excluding hydrogens is 418 g/mol. The largest absolute Gasteiger partial charge is 0.494 e. The Kier molecular flexibility index (Phi) is 4.74. The fourth-order valence-corrected chi connectivity index (χ4v) is 4.37. The molecule has 0 aliphatic heterocycles. The van der Waals surface area contributed by atoms with Gasteiger partial charge in [0, 0.05) is 31.0 Å². The number of hydrogen-bond acceptors (Lipinski definition) is 4. The van der Waals surface area contributed by atoms with Crippen LogP contribution in [0.1, 0.15) is 18.2 Å². The minimum Gasteiger partial charge on any atom is -0.494 e. The number of benzene rings is 2. The summed E-state index contributed by atoms with van der Waals surface area (Å²) in [6.07, 6.45) is 0. The van der Waals surface area contributed by atoms with E-state index in [0.29, 0.717) is 23.5 Å². The van der Waals surface area contributed by atoms with Gasteiger partial charge in [0.1, 0.15) is 5.75 Å². The number of imidazole rings is 2. The molecule has 0 N–H and O–H groups in total. The number of aromatic nitrogens is 5. The molecule has 5 aromatic rings. The van der Waals surface area contributed by atoms with Crippen molar-refractivity contribution in [3.63, 3.8) is 0 Å². The van der Waals surface area contributed by atoms with Gasteiger partial charge in [0.05, 0.1) is 12.3 Å². The highest BCUT2D eigenvalue weighted by molar-refractivity contribution is 5.81. The predicted molar refractivity (Wildman–Crippen MR) is 129 cm³/mol. The van der Waals surface area contributed by atoms with Crippen LogP contribution in [-0.4, -0.2) is 29.7 Å². The summed E-state index contributed by atoms with van der Waals surface area (Å²) in [5.41, 5.74) is 4.80. The molecule has 0 saturated heterocycles. The van der Waals surface area contributed by atoms with Crippen LogP contribution in [0.15, 0.2) is 58.1 Å². The van der Waals surface area contributed by atoms with Crippen molar-refractivity contribution in [1.82, 2.24) is 23.1 Å². The molecule has 2 aromatic carbocycles. The molecule has 0 amide bonds. The van der Waals surface area contributed by atoms with E-state index in [4.69, 9.17) is 9.72 Å². The second-order valence-corrected chi connectivity index (χ2v) is 8.19. The van der Waals surface area contributed by atoms with Crippen molar-refractivity contribution in [1.29, 1.82) is 0 Å². The van der Waals surface area contributed by atoms with Crippen LogP contribution >= 0.6 is 0 Å². The molecule has 0 aliphatic rings. The first-order valence-electron chi connectivity index (χ1n) is 10.8. The first kappa shape index (κ1) is 20.8. The van der Waals surface area contributed by atoms with Crippen LogP contribution in [0.4, 0.5) is 0 Å². The average molecular weight is 444 g/mol. The van der Waals surface area contributed by atoms with Gasteiger partial charge in [-0.2, -0.15) is 4.98 Å². The molecule has 0 fully saturated rings. The Morgan fingerprint density at radius 1 is 0.909 bits per heavy atom. The quantitative estimate of drug-likeness (QED) is 0.427. The molecule has 168 valence electrons. The molecule has 0 atom stereocenters. The topological polar surface area (TPSA) is 75.5 Å². The summed E-state index contributed by atoms with van der Waals surface area (Å²) < 4.78 is 12.0. The Balaban J connectivity index is 1.93. The summed E-state index contributed by atoms with van der Waals surface area (Å²) in [4.78, 5) is 30.4. The SMILES string of the molecule is CCOc1ccc(-n2c(-c3ccc(C)cc3)c(C)n3c4c(=O)n(C)c(=O)n(C)c4nc23)cc1. The van der Waals surface area contributed by atoms with Crippen molar-refractivity contribution in [2.45, 2.75) is 20.8 Å². The molecule has 0 saturated carbocycles. The number of nitrogens with zero attached hydrogens (tertiary/aromatic N) is 5. The third kappa shape index (κ3) is 3.01. The zero-order valence-electron chi connectivity index (χ0n) is 19.3. The summed E-state index contributed by atoms with van der Waals surface area (Å²) in [5.74, 6) is 1.35. The van der Waals surface area contributed by atoms with Gasteiger partial charge in [0.15, 0.2) is 11.2 Å². The maximum absolute atomic E-state index is 13.1. The number of ether oxygens (including phenoxy) is 1. The smallest absolute Gasteiger partial charge is 0.332 e. The predicted octanol–water partition coefficient (Wildman–Crippen LogP) is 3.36. The third-order valence-corrected chi connectivity index (χ3v) is 6.07. The minimum atomic E-state index is -0.405. The van der Waals surface area contributed by atoms with Gasteiger partial charge in [0.2, 0.25) is 5.78 Å². The summed E-state index contributed by atoms with van der Waals surface area (Å²) >= 11 is 0. The Labute approximate surface area is 189 Å². The van der Waals surface area contributed by atoms with Gasteiger partial charge in [-0.3, -0.25) is 22.9 Å². The van der Waals surface area contributed by atoms with Crippen molar-refractivity contribution in [3.8, 4) is 22.7 Å². The van der Waals surface area contributed by atoms with E-state index in [2.05, 4.69) is 24.3 Å². The van der Waals surface area contributed by atoms with Crippen LogP contribution in [0.3, 0.4) is 0 Å². The molecule has 0 unspecified atom stereocenters. The second kappa shape index (κ2) is 7.51. The van der Waals surface area contributed by atoms with Crippen LogP contribution in [-0.2, 0) is 14.1 Å². The van der Waals surface area contributed by atoms with E-state index in [1.807, 2.05) is 54.0 Å². The van der Waals surface area contributed by atoms with Gasteiger partial charge in [-0.15, -0.1) is 0 Å². The minimum absolute atomic E-state index is 0.358. The molecular formula is C25H25N5O3. The molecule has 3 aromatic heterocycles. The number of hydrogen-bond donors (Lipinski definition) is 0. The van der Waals surface area contributed by atoms with Gasteiger partial charge in [-0.25, -0.2) is 4.79 Å². The maximum Gasteiger partial charge on any atom is 0.332 e. The van der Waals surface area contributed by atoms with Crippen molar-refractivity contribution in [2.75, 3.05) is 6.61 Å². The Bertz CT molecular complexity index is 1630. The van der Waals surface area contributed by atoms with Crippen molar-refractivity contribution in [2.24, 2.45) is 14.1 Å². The number of fused-ring (bicyclic) bond motifs is 3. The van der Waals surface area contributed by atoms with E-state index >= 15 is 0 Å². The number of aryl methyl sites for hydroxylation is 3. The van der Waals surface area contributed by atoms with E-state index in [-0.39, 0.29) is 5.56 Å². The third-order valence-electron chi connectivity index (χ3n) is 6.07. The summed E-state index contributed by atoms with van der Waals surface area (Å²) in [7, 11) is 3.12. The molecule has 5 rings (SSSR count). The first-order chi connectivity index (χ1) is 15.8. The van der Waals surface area contributed by atoms with Gasteiger partial charge in [-0.1, -0.05) is 29.8 Å². The van der Waals surface area contributed by atoms with E-state index in [9.17, 15) is 9.59 Å². The average Bonchev–Trinajstić information content (AvgIpc) is 3.33. The van der Waals surface area contributed by atoms with Crippen molar-refractivity contribution >= 4 is 16.9 Å². The molecule has 0 spiro atoms. The zero-order chi connectivity index (χ0) is 23.4. The molecule has 0 aliphatic carbocycles. The van der Waals surface area contributed by atoms with Gasteiger partial charge in [0.25, 0.3) is 5.56 Å². The zero-order valence-corrected chi connectivity index (χ0v) is 19.3. The van der Waals surface area contributed by atoms with Crippen molar-refractivity contribution < 1.29 is 4.74 Å². The van der Waals surface area contributed by atoms with Gasteiger partial charge in [-0.05, 0) is 45.0 Å². The van der Waals surface area contributed by atoms with E-state index in [1.165, 1.54) is 11.6 Å². The van der Waals surface area contributed by atoms with Crippen LogP contribution in [0.2, 0.25) is 0 Å². The lowest BCUT2D eigenvalue weighted by molar-refractivity contribution is 0.340. The molecule has 0 bridgehead atoms. The lowest BCUT2D eigenvalue weighted by Gasteiger charge is -2.12. The van der Waals surface area contributed by atoms with E-state index in [0.717, 1.165) is 38.5 Å². The molecule has 0 radical (unpaired) electrons. The Hall–Kier alpha value is -4.07. The Morgan fingerprint density at radius 2 is 1.58 bits per heavy atom. The van der Waals surface area contributed by atoms with Crippen LogP contribution in [0.25, 0.3) is 33.9 Å². The van der Waals surface area contributed by atoms with Crippen LogP contribution < -0.4 is 16.0 Å². The highest BCUT2D eigenvalue weighted by atomic mass is 16.5. The van der Waals surface area contributed by atoms with Gasteiger partial charge >= 0.3 is 5.69 Å². The Morgan fingerprint density at radius 3 is 2.21 bits per heavy atom. The number of rotatable bonds is 4. The van der Waals surface area contributed by atoms with Crippen LogP contribution in [0.5, 0.6) is 5.75 Å². The highest BCUT2D eigenvalue weighted by Crippen LogP contribution is 2.33. The maximum atomic E-state index is 13.1. The van der Waals surface area contributed by atoms with Crippen LogP contribution in [0, 0.1) is 13.8 Å². The van der Waals surface area contributed by atoms with Gasteiger partial charge < -0.3 is 4.74 Å². The molecule has 3 heterocycles. The molecule has 8 nitrogen and oxygen atoms in total. The highest BCUT2D eigenvalue weighted by Gasteiger charge is 2.24. The van der Waals surface area contributed by atoms with Crippen molar-refractivity contribution in [3.05, 3.63) is 80.6 Å². The second-order valence-electron chi connectivity index (χ2n) is 8.19. The summed E-state index contributed by atoms with van der Waals surface area (Å²) in [6.45, 7) is 6.55. The molecule has 33 heavy (non-hydrogen) atoms. The normalized spacial score (nSPS) is 11.5. The fourth-order valence-electron chi connectivity index (χ4n) is 4.37. The van der Waals surface area contributed by atoms with E-state index < -0.39 is 5.69 Å². The summed E-state index contributed by atoms with van der Waals surface area (Å²) in [6, 6.07) is 16.0. The monoisotopic (exact) mass is 443 g/mol. The fraction of sp³-hybridized carbons (Fsp3) is 0.240. The lowest BCUT2D eigenvalue weighted by atomic mass is 10.1. The molecule has 8 heteroatoms. The lowest BCUT2D eigenvalue weighted by Crippen LogP contribution is -2.37. The first-order valence-corrected chi connectivity index (χ1v) is 10.8.